The van der Waals surface area contributed by atoms with Crippen LogP contribution < -0.4 is 0 Å². The van der Waals surface area contributed by atoms with E-state index in [1.165, 1.54) is 57.8 Å². The van der Waals surface area contributed by atoms with Gasteiger partial charge in [0.1, 0.15) is 0 Å². The van der Waals surface area contributed by atoms with Crippen LogP contribution in [0.2, 0.25) is 0 Å². The number of carboxylic acid groups (broad SMARTS) is 2. The summed E-state index contributed by atoms with van der Waals surface area (Å²) >= 11 is 0. The highest BCUT2D eigenvalue weighted by Gasteiger charge is 2.11. The van der Waals surface area contributed by atoms with Crippen LogP contribution in [0.25, 0.3) is 6.08 Å². The number of carboxylic acids is 2. The maximum atomic E-state index is 10.3. The van der Waals surface area contributed by atoms with Crippen molar-refractivity contribution in [2.24, 2.45) is 0 Å². The molecule has 5 heteroatoms. The molecule has 0 saturated carbocycles. The van der Waals surface area contributed by atoms with E-state index in [0.717, 1.165) is 30.9 Å². The SMILES string of the molecule is CC(=O)O.CCCCCCCCCCCCCC(=O)O.OC1C=Cc2ccccc21. The number of hydrogen-bond acceptors (Lipinski definition) is 3. The number of aliphatic carboxylic acids is 2. The summed E-state index contributed by atoms with van der Waals surface area (Å²) in [6, 6.07) is 7.86. The molecule has 170 valence electrons. The fraction of sp³-hybridized carbons (Fsp3) is 0.600. The van der Waals surface area contributed by atoms with Crippen LogP contribution in [0.3, 0.4) is 0 Å². The molecule has 0 saturated heterocycles. The Morgan fingerprint density at radius 2 is 1.30 bits per heavy atom. The Bertz CT molecular complexity index is 605. The van der Waals surface area contributed by atoms with Gasteiger partial charge in [-0.25, -0.2) is 0 Å². The summed E-state index contributed by atoms with van der Waals surface area (Å²) in [4.78, 5) is 19.3. The summed E-state index contributed by atoms with van der Waals surface area (Å²) in [5, 5.41) is 25.2. The number of aliphatic hydroxyl groups is 1. The predicted molar refractivity (Wildman–Crippen MR) is 122 cm³/mol. The van der Waals surface area contributed by atoms with Crippen LogP contribution in [0.15, 0.2) is 30.3 Å². The van der Waals surface area contributed by atoms with Gasteiger partial charge in [0, 0.05) is 13.3 Å². The molecule has 3 N–H and O–H groups in total. The van der Waals surface area contributed by atoms with Crippen molar-refractivity contribution in [3.05, 3.63) is 41.5 Å². The Balaban J connectivity index is 0.000000504. The minimum Gasteiger partial charge on any atom is -0.481 e. The van der Waals surface area contributed by atoms with E-state index in [2.05, 4.69) is 6.92 Å². The highest BCUT2D eigenvalue weighted by molar-refractivity contribution is 5.66. The molecule has 5 nitrogen and oxygen atoms in total. The molecule has 0 bridgehead atoms. The number of hydrogen-bond donors (Lipinski definition) is 3. The van der Waals surface area contributed by atoms with E-state index in [-0.39, 0.29) is 6.10 Å². The standard InChI is InChI=1S/C14H28O2.C9H8O.C2H4O2/c1-2-3-4-5-6-7-8-9-10-11-12-13-14(15)16;10-9-6-5-7-3-1-2-4-8(7)9;1-2(3)4/h2-13H2,1H3,(H,15,16);1-6,9-10H;1H3,(H,3,4). The molecule has 1 aromatic rings. The van der Waals surface area contributed by atoms with Crippen molar-refractivity contribution in [3.8, 4) is 0 Å². The van der Waals surface area contributed by atoms with Gasteiger partial charge in [0.15, 0.2) is 0 Å². The lowest BCUT2D eigenvalue weighted by Gasteiger charge is -2.01. The summed E-state index contributed by atoms with van der Waals surface area (Å²) in [5.74, 6) is -1.49. The van der Waals surface area contributed by atoms with E-state index in [1.54, 1.807) is 6.08 Å². The van der Waals surface area contributed by atoms with Crippen LogP contribution in [0, 0.1) is 0 Å². The van der Waals surface area contributed by atoms with Gasteiger partial charge in [-0.2, -0.15) is 0 Å². The van der Waals surface area contributed by atoms with Crippen molar-refractivity contribution >= 4 is 18.0 Å². The van der Waals surface area contributed by atoms with Gasteiger partial charge in [-0.1, -0.05) is 108 Å². The first-order valence-corrected chi connectivity index (χ1v) is 11.2. The first-order chi connectivity index (χ1) is 14.4. The second kappa shape index (κ2) is 18.9. The van der Waals surface area contributed by atoms with Crippen LogP contribution in [0.1, 0.15) is 108 Å². The molecule has 30 heavy (non-hydrogen) atoms. The molecule has 0 heterocycles. The highest BCUT2D eigenvalue weighted by Crippen LogP contribution is 2.26. The van der Waals surface area contributed by atoms with Crippen molar-refractivity contribution < 1.29 is 24.9 Å². The molecule has 1 aromatic carbocycles. The molecule has 0 aromatic heterocycles. The first-order valence-electron chi connectivity index (χ1n) is 11.2. The van der Waals surface area contributed by atoms with Crippen molar-refractivity contribution in [2.75, 3.05) is 0 Å². The lowest BCUT2D eigenvalue weighted by Crippen LogP contribution is -1.93. The monoisotopic (exact) mass is 420 g/mol. The summed E-state index contributed by atoms with van der Waals surface area (Å²) in [6.07, 6.45) is 17.7. The number of aliphatic hydroxyl groups excluding tert-OH is 1. The van der Waals surface area contributed by atoms with Crippen LogP contribution >= 0.6 is 0 Å². The fourth-order valence-corrected chi connectivity index (χ4v) is 3.17. The van der Waals surface area contributed by atoms with Gasteiger partial charge in [-0.3, -0.25) is 9.59 Å². The largest absolute Gasteiger partial charge is 0.481 e. The molecule has 0 aliphatic heterocycles. The van der Waals surface area contributed by atoms with E-state index < -0.39 is 11.9 Å². The van der Waals surface area contributed by atoms with Crippen molar-refractivity contribution in [1.82, 2.24) is 0 Å². The molecule has 1 unspecified atom stereocenters. The zero-order chi connectivity index (χ0) is 22.6. The van der Waals surface area contributed by atoms with Crippen molar-refractivity contribution in [1.29, 1.82) is 0 Å². The molecular formula is C25H40O5. The predicted octanol–water partition coefficient (Wildman–Crippen LogP) is 6.61. The second-order valence-electron chi connectivity index (χ2n) is 7.63. The third-order valence-corrected chi connectivity index (χ3v) is 4.77. The fourth-order valence-electron chi connectivity index (χ4n) is 3.17. The van der Waals surface area contributed by atoms with Crippen LogP contribution in [0.5, 0.6) is 0 Å². The Hall–Kier alpha value is -2.14. The Kier molecular flexibility index (Phi) is 17.5. The Morgan fingerprint density at radius 1 is 0.833 bits per heavy atom. The molecule has 2 rings (SSSR count). The van der Waals surface area contributed by atoms with Gasteiger partial charge in [0.25, 0.3) is 5.97 Å². The van der Waals surface area contributed by atoms with Gasteiger partial charge >= 0.3 is 5.97 Å². The zero-order valence-corrected chi connectivity index (χ0v) is 18.7. The quantitative estimate of drug-likeness (QED) is 0.331. The minimum atomic E-state index is -0.833. The Morgan fingerprint density at radius 3 is 1.77 bits per heavy atom. The van der Waals surface area contributed by atoms with Crippen LogP contribution in [-0.4, -0.2) is 27.3 Å². The van der Waals surface area contributed by atoms with Gasteiger partial charge < -0.3 is 15.3 Å². The number of fused-ring (bicyclic) bond motifs is 1. The lowest BCUT2D eigenvalue weighted by atomic mass is 10.1. The van der Waals surface area contributed by atoms with Gasteiger partial charge in [-0.15, -0.1) is 0 Å². The van der Waals surface area contributed by atoms with E-state index in [4.69, 9.17) is 15.0 Å². The van der Waals surface area contributed by atoms with Crippen LogP contribution in [-0.2, 0) is 9.59 Å². The molecule has 0 amide bonds. The van der Waals surface area contributed by atoms with Crippen molar-refractivity contribution in [3.63, 3.8) is 0 Å². The topological polar surface area (TPSA) is 94.8 Å². The van der Waals surface area contributed by atoms with E-state index in [0.29, 0.717) is 6.42 Å². The third-order valence-electron chi connectivity index (χ3n) is 4.77. The Labute approximate surface area is 181 Å². The molecule has 0 spiro atoms. The number of carbonyl (C=O) groups is 2. The van der Waals surface area contributed by atoms with E-state index in [1.807, 2.05) is 30.3 Å². The van der Waals surface area contributed by atoms with Gasteiger partial charge in [0.2, 0.25) is 0 Å². The summed E-state index contributed by atoms with van der Waals surface area (Å²) in [7, 11) is 0. The summed E-state index contributed by atoms with van der Waals surface area (Å²) in [5.41, 5.74) is 2.15. The number of rotatable bonds is 12. The normalized spacial score (nSPS) is 13.5. The maximum Gasteiger partial charge on any atom is 0.303 e. The number of benzene rings is 1. The molecular weight excluding hydrogens is 380 g/mol. The zero-order valence-electron chi connectivity index (χ0n) is 18.7. The summed E-state index contributed by atoms with van der Waals surface area (Å²) < 4.78 is 0. The van der Waals surface area contributed by atoms with Gasteiger partial charge in [0.05, 0.1) is 6.10 Å². The molecule has 1 atom stereocenters. The average molecular weight is 421 g/mol. The summed E-state index contributed by atoms with van der Waals surface area (Å²) in [6.45, 7) is 3.33. The van der Waals surface area contributed by atoms with Crippen molar-refractivity contribution in [2.45, 2.75) is 97.0 Å². The van der Waals surface area contributed by atoms with Crippen LogP contribution in [0.4, 0.5) is 0 Å². The lowest BCUT2D eigenvalue weighted by molar-refractivity contribution is -0.137. The average Bonchev–Trinajstić information content (AvgIpc) is 3.07. The maximum absolute atomic E-state index is 10.3. The minimum absolute atomic E-state index is 0.344. The van der Waals surface area contributed by atoms with E-state index >= 15 is 0 Å². The van der Waals surface area contributed by atoms with Gasteiger partial charge in [-0.05, 0) is 17.5 Å². The second-order valence-corrected chi connectivity index (χ2v) is 7.63. The molecule has 1 aliphatic rings. The number of unbranched alkanes of at least 4 members (excludes halogenated alkanes) is 10. The first kappa shape index (κ1) is 27.9. The highest BCUT2D eigenvalue weighted by atomic mass is 16.4. The smallest absolute Gasteiger partial charge is 0.303 e. The van der Waals surface area contributed by atoms with E-state index in [9.17, 15) is 9.90 Å². The molecule has 1 aliphatic carbocycles. The molecule has 0 radical (unpaired) electrons. The third kappa shape index (κ3) is 16.8. The molecule has 0 fully saturated rings.